The van der Waals surface area contributed by atoms with E-state index in [0.717, 1.165) is 29.5 Å². The largest absolute Gasteiger partial charge is 0.502 e. The molecule has 3 N–H and O–H groups in total. The molecule has 190 valence electrons. The molecule has 2 aromatic carbocycles. The topological polar surface area (TPSA) is 152 Å². The molecule has 0 bridgehead atoms. The van der Waals surface area contributed by atoms with Crippen LogP contribution in [-0.4, -0.2) is 42.4 Å². The van der Waals surface area contributed by atoms with Crippen LogP contribution in [0.3, 0.4) is 0 Å². The molecule has 0 unspecified atom stereocenters. The van der Waals surface area contributed by atoms with Gasteiger partial charge in [-0.2, -0.15) is 0 Å². The molecule has 0 aliphatic carbocycles. The molecular weight excluding hydrogens is 484 g/mol. The summed E-state index contributed by atoms with van der Waals surface area (Å²) in [6, 6.07) is 10.5. The predicted molar refractivity (Wildman–Crippen MR) is 136 cm³/mol. The minimum atomic E-state index is -0.728. The standard InChI is InChI=1S/C24H28N6O5S/c1-5-29-22(21(14(2)3)26-23(33)16-8-6-15(4)7-9-16)27-28-24(29)36-13-20(32)25-17-10-11-19(31)18(12-17)30(34)35/h6-12,14,21,31H,5,13H2,1-4H3,(H,25,32)(H,26,33)/t21-/m1/s1. The molecular formula is C24H28N6O5S. The number of aromatic hydroxyl groups is 1. The number of phenols is 1. The number of hydrogen-bond donors (Lipinski definition) is 3. The van der Waals surface area contributed by atoms with Crippen LogP contribution in [0.25, 0.3) is 0 Å². The van der Waals surface area contributed by atoms with Crippen molar-refractivity contribution in [1.82, 2.24) is 20.1 Å². The molecule has 1 atom stereocenters. The van der Waals surface area contributed by atoms with E-state index in [1.807, 2.05) is 44.4 Å². The Labute approximate surface area is 212 Å². The second kappa shape index (κ2) is 11.7. The van der Waals surface area contributed by atoms with E-state index >= 15 is 0 Å². The summed E-state index contributed by atoms with van der Waals surface area (Å²) in [6.07, 6.45) is 0. The Kier molecular flexibility index (Phi) is 8.64. The van der Waals surface area contributed by atoms with Crippen LogP contribution in [0.1, 0.15) is 48.6 Å². The first-order valence-electron chi connectivity index (χ1n) is 11.3. The molecule has 11 nitrogen and oxygen atoms in total. The first kappa shape index (κ1) is 26.7. The molecule has 0 saturated heterocycles. The van der Waals surface area contributed by atoms with E-state index < -0.39 is 28.3 Å². The van der Waals surface area contributed by atoms with Crippen LogP contribution in [0.5, 0.6) is 5.75 Å². The molecule has 0 aliphatic heterocycles. The van der Waals surface area contributed by atoms with Crippen LogP contribution in [0.2, 0.25) is 0 Å². The Hall–Kier alpha value is -3.93. The number of rotatable bonds is 10. The van der Waals surface area contributed by atoms with Crippen LogP contribution >= 0.6 is 11.8 Å². The first-order valence-corrected chi connectivity index (χ1v) is 12.3. The molecule has 2 amide bonds. The summed E-state index contributed by atoms with van der Waals surface area (Å²) in [4.78, 5) is 35.6. The Morgan fingerprint density at radius 3 is 2.47 bits per heavy atom. The summed E-state index contributed by atoms with van der Waals surface area (Å²) in [6.45, 7) is 8.36. The highest BCUT2D eigenvalue weighted by Gasteiger charge is 2.26. The number of anilines is 1. The van der Waals surface area contributed by atoms with Crippen molar-refractivity contribution in [2.45, 2.75) is 45.4 Å². The summed E-state index contributed by atoms with van der Waals surface area (Å²) in [7, 11) is 0. The Morgan fingerprint density at radius 2 is 1.86 bits per heavy atom. The molecule has 36 heavy (non-hydrogen) atoms. The molecule has 1 aromatic heterocycles. The number of thioether (sulfide) groups is 1. The molecule has 1 heterocycles. The van der Waals surface area contributed by atoms with Gasteiger partial charge in [-0.1, -0.05) is 43.3 Å². The molecule has 0 radical (unpaired) electrons. The van der Waals surface area contributed by atoms with Crippen LogP contribution in [0.15, 0.2) is 47.6 Å². The van der Waals surface area contributed by atoms with Gasteiger partial charge in [-0.15, -0.1) is 10.2 Å². The second-order valence-electron chi connectivity index (χ2n) is 8.44. The molecule has 0 saturated carbocycles. The monoisotopic (exact) mass is 512 g/mol. The fourth-order valence-electron chi connectivity index (χ4n) is 3.47. The van der Waals surface area contributed by atoms with Gasteiger partial charge < -0.3 is 20.3 Å². The molecule has 3 rings (SSSR count). The maximum atomic E-state index is 12.8. The van der Waals surface area contributed by atoms with Gasteiger partial charge in [-0.3, -0.25) is 19.7 Å². The number of nitrogens with one attached hydrogen (secondary N) is 2. The molecule has 3 aromatic rings. The van der Waals surface area contributed by atoms with Crippen molar-refractivity contribution in [2.75, 3.05) is 11.1 Å². The minimum Gasteiger partial charge on any atom is -0.502 e. The van der Waals surface area contributed by atoms with Gasteiger partial charge >= 0.3 is 5.69 Å². The number of nitrogens with zero attached hydrogens (tertiary/aromatic N) is 4. The average Bonchev–Trinajstić information content (AvgIpc) is 3.24. The van der Waals surface area contributed by atoms with Gasteiger partial charge in [0.25, 0.3) is 5.91 Å². The minimum absolute atomic E-state index is 0.0190. The number of carbonyl (C=O) groups is 2. The zero-order chi connectivity index (χ0) is 26.4. The third kappa shape index (κ3) is 6.39. The number of aromatic nitrogens is 3. The number of phenolic OH excluding ortho intramolecular Hbond substituents is 1. The molecule has 0 fully saturated rings. The fourth-order valence-corrected chi connectivity index (χ4v) is 4.28. The van der Waals surface area contributed by atoms with E-state index in [9.17, 15) is 24.8 Å². The first-order chi connectivity index (χ1) is 17.1. The molecule has 0 spiro atoms. The van der Waals surface area contributed by atoms with Crippen molar-refractivity contribution in [1.29, 1.82) is 0 Å². The number of benzene rings is 2. The van der Waals surface area contributed by atoms with E-state index in [1.54, 1.807) is 12.1 Å². The fraction of sp³-hybridized carbons (Fsp3) is 0.333. The smallest absolute Gasteiger partial charge is 0.312 e. The van der Waals surface area contributed by atoms with Crippen LogP contribution in [0.4, 0.5) is 11.4 Å². The number of amides is 2. The van der Waals surface area contributed by atoms with Gasteiger partial charge in [-0.25, -0.2) is 0 Å². The number of hydrogen-bond acceptors (Lipinski definition) is 8. The summed E-state index contributed by atoms with van der Waals surface area (Å²) < 4.78 is 1.85. The quantitative estimate of drug-likeness (QED) is 0.159. The summed E-state index contributed by atoms with van der Waals surface area (Å²) in [5, 5.41) is 35.2. The van der Waals surface area contributed by atoms with E-state index in [-0.39, 0.29) is 23.3 Å². The zero-order valence-electron chi connectivity index (χ0n) is 20.4. The highest BCUT2D eigenvalue weighted by atomic mass is 32.2. The summed E-state index contributed by atoms with van der Waals surface area (Å²) in [5.74, 6) is -0.499. The van der Waals surface area contributed by atoms with Gasteiger partial charge in [0.2, 0.25) is 5.91 Å². The van der Waals surface area contributed by atoms with E-state index in [1.165, 1.54) is 6.07 Å². The maximum Gasteiger partial charge on any atom is 0.312 e. The number of carbonyl (C=O) groups excluding carboxylic acids is 2. The zero-order valence-corrected chi connectivity index (χ0v) is 21.2. The summed E-state index contributed by atoms with van der Waals surface area (Å²) in [5.41, 5.74) is 1.31. The Morgan fingerprint density at radius 1 is 1.17 bits per heavy atom. The SMILES string of the molecule is CCn1c(SCC(=O)Nc2ccc(O)c([N+](=O)[O-])c2)nnc1[C@H](NC(=O)c1ccc(C)cc1)C(C)C. The summed E-state index contributed by atoms with van der Waals surface area (Å²) >= 11 is 1.16. The lowest BCUT2D eigenvalue weighted by atomic mass is 10.0. The average molecular weight is 513 g/mol. The van der Waals surface area contributed by atoms with Crippen molar-refractivity contribution < 1.29 is 19.6 Å². The van der Waals surface area contributed by atoms with E-state index in [2.05, 4.69) is 20.8 Å². The lowest BCUT2D eigenvalue weighted by Crippen LogP contribution is -2.33. The van der Waals surface area contributed by atoms with Gasteiger partial charge in [0.05, 0.1) is 16.7 Å². The van der Waals surface area contributed by atoms with E-state index in [0.29, 0.717) is 23.1 Å². The third-order valence-corrected chi connectivity index (χ3v) is 6.36. The van der Waals surface area contributed by atoms with Crippen LogP contribution in [0, 0.1) is 23.0 Å². The Balaban J connectivity index is 1.70. The lowest BCUT2D eigenvalue weighted by molar-refractivity contribution is -0.385. The number of aryl methyl sites for hydroxylation is 1. The van der Waals surface area contributed by atoms with E-state index in [4.69, 9.17) is 0 Å². The van der Waals surface area contributed by atoms with Crippen molar-refractivity contribution >= 4 is 35.0 Å². The highest BCUT2D eigenvalue weighted by molar-refractivity contribution is 7.99. The third-order valence-electron chi connectivity index (χ3n) is 5.40. The predicted octanol–water partition coefficient (Wildman–Crippen LogP) is 4.08. The lowest BCUT2D eigenvalue weighted by Gasteiger charge is -2.22. The highest BCUT2D eigenvalue weighted by Crippen LogP contribution is 2.29. The Bertz CT molecular complexity index is 1260. The van der Waals surface area contributed by atoms with Crippen molar-refractivity contribution in [3.05, 3.63) is 69.5 Å². The number of nitro benzene ring substituents is 1. The van der Waals surface area contributed by atoms with Crippen molar-refractivity contribution in [3.8, 4) is 5.75 Å². The normalized spacial score (nSPS) is 11.8. The number of nitro groups is 1. The van der Waals surface area contributed by atoms with Gasteiger partial charge in [0.1, 0.15) is 0 Å². The molecule has 12 heteroatoms. The van der Waals surface area contributed by atoms with Gasteiger partial charge in [-0.05, 0) is 44.0 Å². The van der Waals surface area contributed by atoms with Crippen molar-refractivity contribution in [3.63, 3.8) is 0 Å². The molecule has 0 aliphatic rings. The van der Waals surface area contributed by atoms with Crippen LogP contribution < -0.4 is 10.6 Å². The maximum absolute atomic E-state index is 12.8. The van der Waals surface area contributed by atoms with Crippen LogP contribution in [-0.2, 0) is 11.3 Å². The van der Waals surface area contributed by atoms with Gasteiger partial charge in [0.15, 0.2) is 16.7 Å². The second-order valence-corrected chi connectivity index (χ2v) is 9.39. The van der Waals surface area contributed by atoms with Crippen molar-refractivity contribution in [2.24, 2.45) is 5.92 Å². The van der Waals surface area contributed by atoms with Gasteiger partial charge in [0, 0.05) is 23.9 Å².